The van der Waals surface area contributed by atoms with Crippen LogP contribution in [0, 0.1) is 0 Å². The van der Waals surface area contributed by atoms with Crippen LogP contribution in [0.5, 0.6) is 0 Å². The van der Waals surface area contributed by atoms with Crippen LogP contribution in [-0.4, -0.2) is 46.8 Å². The molecule has 3 aromatic rings. The van der Waals surface area contributed by atoms with E-state index in [2.05, 4.69) is 10.00 Å². The Morgan fingerprint density at radius 3 is 2.33 bits per heavy atom. The van der Waals surface area contributed by atoms with Gasteiger partial charge >= 0.3 is 0 Å². The lowest BCUT2D eigenvalue weighted by Crippen LogP contribution is -2.49. The lowest BCUT2D eigenvalue weighted by Gasteiger charge is -2.36. The normalized spacial score (nSPS) is 14.1. The summed E-state index contributed by atoms with van der Waals surface area (Å²) in [6.45, 7) is 2.78. The van der Waals surface area contributed by atoms with Crippen LogP contribution in [0.1, 0.15) is 16.1 Å². The Labute approximate surface area is 184 Å². The van der Waals surface area contributed by atoms with Crippen LogP contribution >= 0.6 is 23.2 Å². The maximum atomic E-state index is 12.9. The van der Waals surface area contributed by atoms with Crippen molar-refractivity contribution in [3.05, 3.63) is 92.3 Å². The summed E-state index contributed by atoms with van der Waals surface area (Å²) < 4.78 is 1.33. The van der Waals surface area contributed by atoms with Gasteiger partial charge in [-0.1, -0.05) is 53.5 Å². The van der Waals surface area contributed by atoms with Gasteiger partial charge in [0.15, 0.2) is 0 Å². The van der Waals surface area contributed by atoms with Gasteiger partial charge in [-0.15, -0.1) is 0 Å². The van der Waals surface area contributed by atoms with E-state index in [1.165, 1.54) is 16.8 Å². The monoisotopic (exact) mass is 442 g/mol. The molecule has 0 spiro atoms. The molecule has 0 unspecified atom stereocenters. The predicted molar refractivity (Wildman–Crippen MR) is 119 cm³/mol. The molecule has 0 atom stereocenters. The number of hydrogen-bond donors (Lipinski definition) is 0. The molecule has 0 bridgehead atoms. The first-order valence-electron chi connectivity index (χ1n) is 9.62. The highest BCUT2D eigenvalue weighted by Crippen LogP contribution is 2.27. The summed E-state index contributed by atoms with van der Waals surface area (Å²) in [7, 11) is 0. The second-order valence-electron chi connectivity index (χ2n) is 7.08. The number of anilines is 1. The molecule has 1 aliphatic heterocycles. The van der Waals surface area contributed by atoms with E-state index in [0.29, 0.717) is 42.8 Å². The van der Waals surface area contributed by atoms with Gasteiger partial charge in [-0.3, -0.25) is 9.59 Å². The van der Waals surface area contributed by atoms with E-state index in [1.54, 1.807) is 11.0 Å². The first-order valence-corrected chi connectivity index (χ1v) is 10.4. The van der Waals surface area contributed by atoms with Gasteiger partial charge in [0.05, 0.1) is 16.6 Å². The Morgan fingerprint density at radius 2 is 1.63 bits per heavy atom. The minimum Gasteiger partial charge on any atom is -0.368 e. The molecule has 2 heterocycles. The Morgan fingerprint density at radius 1 is 0.900 bits per heavy atom. The third-order valence-corrected chi connectivity index (χ3v) is 5.84. The van der Waals surface area contributed by atoms with Gasteiger partial charge in [-0.05, 0) is 29.8 Å². The maximum absolute atomic E-state index is 12.9. The van der Waals surface area contributed by atoms with Crippen LogP contribution in [0.3, 0.4) is 0 Å². The van der Waals surface area contributed by atoms with Crippen LogP contribution in [0.15, 0.2) is 65.5 Å². The highest BCUT2D eigenvalue weighted by Gasteiger charge is 2.24. The fourth-order valence-electron chi connectivity index (χ4n) is 3.44. The number of piperazine rings is 1. The number of halogens is 2. The zero-order chi connectivity index (χ0) is 21.1. The molecule has 8 heteroatoms. The Balaban J connectivity index is 1.44. The van der Waals surface area contributed by atoms with Gasteiger partial charge < -0.3 is 9.80 Å². The van der Waals surface area contributed by atoms with E-state index < -0.39 is 0 Å². The van der Waals surface area contributed by atoms with Gasteiger partial charge in [-0.25, -0.2) is 4.68 Å². The van der Waals surface area contributed by atoms with Gasteiger partial charge in [0.1, 0.15) is 5.69 Å². The van der Waals surface area contributed by atoms with E-state index in [4.69, 9.17) is 23.2 Å². The molecular weight excluding hydrogens is 423 g/mol. The standard InChI is InChI=1S/C22H20Cl2N4O2/c23-18-7-6-17(14-19(18)24)26-10-12-27(13-11-26)22(30)20-8-9-21(29)28(25-20)15-16-4-2-1-3-5-16/h1-9,14H,10-13,15H2. The van der Waals surface area contributed by atoms with Crippen LogP contribution in [-0.2, 0) is 6.54 Å². The first-order chi connectivity index (χ1) is 14.5. The number of amides is 1. The third-order valence-electron chi connectivity index (χ3n) is 5.10. The highest BCUT2D eigenvalue weighted by atomic mass is 35.5. The van der Waals surface area contributed by atoms with Gasteiger partial charge in [0.25, 0.3) is 11.5 Å². The van der Waals surface area contributed by atoms with Crippen molar-refractivity contribution in [2.45, 2.75) is 6.54 Å². The van der Waals surface area contributed by atoms with E-state index in [-0.39, 0.29) is 17.2 Å². The van der Waals surface area contributed by atoms with Crippen LogP contribution in [0.2, 0.25) is 10.0 Å². The number of nitrogens with zero attached hydrogens (tertiary/aromatic N) is 4. The van der Waals surface area contributed by atoms with E-state index >= 15 is 0 Å². The second kappa shape index (κ2) is 8.90. The van der Waals surface area contributed by atoms with Crippen molar-refractivity contribution >= 4 is 34.8 Å². The number of benzene rings is 2. The molecule has 6 nitrogen and oxygen atoms in total. The average Bonchev–Trinajstić information content (AvgIpc) is 2.77. The fraction of sp³-hybridized carbons (Fsp3) is 0.227. The lowest BCUT2D eigenvalue weighted by molar-refractivity contribution is 0.0738. The third kappa shape index (κ3) is 4.50. The fourth-order valence-corrected chi connectivity index (χ4v) is 3.74. The number of carbonyl (C=O) groups is 1. The maximum Gasteiger partial charge on any atom is 0.274 e. The first kappa shape index (κ1) is 20.4. The SMILES string of the molecule is O=C(c1ccc(=O)n(Cc2ccccc2)n1)N1CCN(c2ccc(Cl)c(Cl)c2)CC1. The molecule has 1 saturated heterocycles. The summed E-state index contributed by atoms with van der Waals surface area (Å²) in [5.41, 5.74) is 1.96. The summed E-state index contributed by atoms with van der Waals surface area (Å²) in [5.74, 6) is -0.175. The molecule has 0 radical (unpaired) electrons. The molecule has 0 N–H and O–H groups in total. The minimum absolute atomic E-state index is 0.175. The summed E-state index contributed by atoms with van der Waals surface area (Å²) >= 11 is 12.1. The second-order valence-corrected chi connectivity index (χ2v) is 7.89. The number of hydrogen-bond acceptors (Lipinski definition) is 4. The van der Waals surface area contributed by atoms with Crippen molar-refractivity contribution in [1.29, 1.82) is 0 Å². The molecular formula is C22H20Cl2N4O2. The minimum atomic E-state index is -0.236. The van der Waals surface area contributed by atoms with Crippen molar-refractivity contribution in [2.75, 3.05) is 31.1 Å². The van der Waals surface area contributed by atoms with Gasteiger partial charge in [0.2, 0.25) is 0 Å². The zero-order valence-electron chi connectivity index (χ0n) is 16.2. The van der Waals surface area contributed by atoms with Crippen molar-refractivity contribution in [1.82, 2.24) is 14.7 Å². The topological polar surface area (TPSA) is 58.4 Å². The number of aromatic nitrogens is 2. The molecule has 1 aliphatic rings. The number of rotatable bonds is 4. The molecule has 1 fully saturated rings. The van der Waals surface area contributed by atoms with Gasteiger partial charge in [-0.2, -0.15) is 5.10 Å². The molecule has 0 saturated carbocycles. The van der Waals surface area contributed by atoms with Crippen molar-refractivity contribution in [2.24, 2.45) is 0 Å². The van der Waals surface area contributed by atoms with Crippen molar-refractivity contribution in [3.8, 4) is 0 Å². The Kier molecular flexibility index (Phi) is 6.06. The van der Waals surface area contributed by atoms with Crippen molar-refractivity contribution in [3.63, 3.8) is 0 Å². The molecule has 2 aromatic carbocycles. The molecule has 0 aliphatic carbocycles. The molecule has 154 valence electrons. The largest absolute Gasteiger partial charge is 0.368 e. The van der Waals surface area contributed by atoms with Crippen LogP contribution < -0.4 is 10.5 Å². The Hall–Kier alpha value is -2.83. The molecule has 4 rings (SSSR count). The van der Waals surface area contributed by atoms with Crippen molar-refractivity contribution < 1.29 is 4.79 Å². The Bertz CT molecular complexity index is 1110. The van der Waals surface area contributed by atoms with E-state index in [1.807, 2.05) is 42.5 Å². The summed E-state index contributed by atoms with van der Waals surface area (Å²) in [6.07, 6.45) is 0. The van der Waals surface area contributed by atoms with E-state index in [9.17, 15) is 9.59 Å². The van der Waals surface area contributed by atoms with Crippen LogP contribution in [0.25, 0.3) is 0 Å². The smallest absolute Gasteiger partial charge is 0.274 e. The number of carbonyl (C=O) groups excluding carboxylic acids is 1. The quantitative estimate of drug-likeness (QED) is 0.619. The highest BCUT2D eigenvalue weighted by molar-refractivity contribution is 6.42. The molecule has 1 aromatic heterocycles. The lowest BCUT2D eigenvalue weighted by atomic mass is 10.2. The zero-order valence-corrected chi connectivity index (χ0v) is 17.7. The summed E-state index contributed by atoms with van der Waals surface area (Å²) in [4.78, 5) is 29.0. The molecule has 1 amide bonds. The van der Waals surface area contributed by atoms with Crippen LogP contribution in [0.4, 0.5) is 5.69 Å². The van der Waals surface area contributed by atoms with Gasteiger partial charge in [0, 0.05) is 37.9 Å². The average molecular weight is 443 g/mol. The summed E-state index contributed by atoms with van der Waals surface area (Å²) in [6, 6.07) is 18.0. The summed E-state index contributed by atoms with van der Waals surface area (Å²) in [5, 5.41) is 5.34. The molecule has 30 heavy (non-hydrogen) atoms. The van der Waals surface area contributed by atoms with E-state index in [0.717, 1.165) is 11.3 Å². The predicted octanol–water partition coefficient (Wildman–Crippen LogP) is 3.56.